The average molecular weight is 379 g/mol. The molecule has 0 fully saturated rings. The first kappa shape index (κ1) is 17.1. The number of ether oxygens (including phenoxy) is 1. The van der Waals surface area contributed by atoms with Crippen LogP contribution in [0, 0.1) is 0 Å². The number of benzene rings is 3. The number of para-hydroxylation sites is 2. The largest absolute Gasteiger partial charge is 0.497 e. The molecule has 0 saturated carbocycles. The number of sulfonamides is 1. The molecule has 0 aliphatic carbocycles. The molecule has 0 aliphatic heterocycles. The van der Waals surface area contributed by atoms with Gasteiger partial charge in [-0.2, -0.15) is 0 Å². The van der Waals surface area contributed by atoms with Gasteiger partial charge in [0.2, 0.25) is 0 Å². The van der Waals surface area contributed by atoms with Crippen LogP contribution in [0.15, 0.2) is 77.7 Å². The number of hydrogen-bond donors (Lipinski definition) is 2. The Morgan fingerprint density at radius 3 is 2.48 bits per heavy atom. The lowest BCUT2D eigenvalue weighted by Gasteiger charge is -2.09. The predicted octanol–water partition coefficient (Wildman–Crippen LogP) is 4.04. The van der Waals surface area contributed by atoms with Gasteiger partial charge in [-0.15, -0.1) is 0 Å². The zero-order valence-electron chi connectivity index (χ0n) is 14.5. The van der Waals surface area contributed by atoms with Crippen molar-refractivity contribution in [3.05, 3.63) is 72.8 Å². The maximum atomic E-state index is 12.6. The predicted molar refractivity (Wildman–Crippen MR) is 105 cm³/mol. The Balaban J connectivity index is 1.63. The summed E-state index contributed by atoms with van der Waals surface area (Å²) >= 11 is 0. The SMILES string of the molecule is COc1ccc(S(=O)(=O)Nc2cccc(-c3nc4ccccc4[nH]3)c2)cc1. The van der Waals surface area contributed by atoms with Gasteiger partial charge in [-0.05, 0) is 48.5 Å². The molecule has 0 atom stereocenters. The van der Waals surface area contributed by atoms with E-state index in [4.69, 9.17) is 4.74 Å². The smallest absolute Gasteiger partial charge is 0.261 e. The van der Waals surface area contributed by atoms with Crippen molar-refractivity contribution in [1.29, 1.82) is 0 Å². The summed E-state index contributed by atoms with van der Waals surface area (Å²) in [5.74, 6) is 1.28. The van der Waals surface area contributed by atoms with Crippen LogP contribution in [0.1, 0.15) is 0 Å². The van der Waals surface area contributed by atoms with E-state index in [1.165, 1.54) is 19.2 Å². The molecule has 0 saturated heterocycles. The third kappa shape index (κ3) is 3.50. The van der Waals surface area contributed by atoms with Crippen molar-refractivity contribution in [2.75, 3.05) is 11.8 Å². The highest BCUT2D eigenvalue weighted by Gasteiger charge is 2.15. The van der Waals surface area contributed by atoms with Gasteiger partial charge in [0.1, 0.15) is 11.6 Å². The normalized spacial score (nSPS) is 11.4. The first-order chi connectivity index (χ1) is 13.0. The van der Waals surface area contributed by atoms with Gasteiger partial charge >= 0.3 is 0 Å². The number of nitrogens with zero attached hydrogens (tertiary/aromatic N) is 1. The molecule has 7 heteroatoms. The summed E-state index contributed by atoms with van der Waals surface area (Å²) in [7, 11) is -2.16. The van der Waals surface area contributed by atoms with Gasteiger partial charge in [0.05, 0.1) is 23.0 Å². The van der Waals surface area contributed by atoms with Crippen LogP contribution in [0.3, 0.4) is 0 Å². The van der Waals surface area contributed by atoms with E-state index < -0.39 is 10.0 Å². The Labute approximate surface area is 156 Å². The van der Waals surface area contributed by atoms with Crippen molar-refractivity contribution in [2.24, 2.45) is 0 Å². The van der Waals surface area contributed by atoms with Crippen molar-refractivity contribution < 1.29 is 13.2 Å². The summed E-state index contributed by atoms with van der Waals surface area (Å²) < 4.78 is 32.9. The van der Waals surface area contributed by atoms with Crippen molar-refractivity contribution in [1.82, 2.24) is 9.97 Å². The minimum Gasteiger partial charge on any atom is -0.497 e. The Hall–Kier alpha value is -3.32. The fraction of sp³-hybridized carbons (Fsp3) is 0.0500. The highest BCUT2D eigenvalue weighted by atomic mass is 32.2. The third-order valence-corrected chi connectivity index (χ3v) is 5.54. The number of fused-ring (bicyclic) bond motifs is 1. The van der Waals surface area contributed by atoms with Crippen molar-refractivity contribution in [3.8, 4) is 17.1 Å². The van der Waals surface area contributed by atoms with E-state index in [0.29, 0.717) is 17.3 Å². The van der Waals surface area contributed by atoms with Crippen LogP contribution in [0.25, 0.3) is 22.4 Å². The number of H-pyrrole nitrogens is 1. The number of aromatic amines is 1. The van der Waals surface area contributed by atoms with Gasteiger partial charge in [-0.3, -0.25) is 4.72 Å². The van der Waals surface area contributed by atoms with Crippen molar-refractivity contribution >= 4 is 26.7 Å². The van der Waals surface area contributed by atoms with Crippen LogP contribution in [0.2, 0.25) is 0 Å². The molecule has 2 N–H and O–H groups in total. The van der Waals surface area contributed by atoms with Gasteiger partial charge in [0.25, 0.3) is 10.0 Å². The zero-order chi connectivity index (χ0) is 18.9. The molecule has 0 aliphatic rings. The second-order valence-corrected chi connectivity index (χ2v) is 7.65. The van der Waals surface area contributed by atoms with E-state index in [9.17, 15) is 8.42 Å². The van der Waals surface area contributed by atoms with E-state index in [2.05, 4.69) is 14.7 Å². The molecule has 0 radical (unpaired) electrons. The maximum Gasteiger partial charge on any atom is 0.261 e. The first-order valence-corrected chi connectivity index (χ1v) is 9.75. The Morgan fingerprint density at radius 2 is 1.74 bits per heavy atom. The number of rotatable bonds is 5. The summed E-state index contributed by atoms with van der Waals surface area (Å²) in [6, 6.07) is 21.1. The summed E-state index contributed by atoms with van der Waals surface area (Å²) in [6.07, 6.45) is 0. The molecule has 0 spiro atoms. The minimum atomic E-state index is -3.70. The first-order valence-electron chi connectivity index (χ1n) is 8.27. The molecule has 0 unspecified atom stereocenters. The van der Waals surface area contributed by atoms with Crippen LogP contribution < -0.4 is 9.46 Å². The summed E-state index contributed by atoms with van der Waals surface area (Å²) in [5.41, 5.74) is 3.04. The van der Waals surface area contributed by atoms with Crippen LogP contribution in [0.5, 0.6) is 5.75 Å². The van der Waals surface area contributed by atoms with Crippen LogP contribution in [-0.2, 0) is 10.0 Å². The Morgan fingerprint density at radius 1 is 0.963 bits per heavy atom. The van der Waals surface area contributed by atoms with Gasteiger partial charge < -0.3 is 9.72 Å². The second-order valence-electron chi connectivity index (χ2n) is 5.96. The fourth-order valence-corrected chi connectivity index (χ4v) is 3.84. The third-order valence-electron chi connectivity index (χ3n) is 4.15. The minimum absolute atomic E-state index is 0.164. The fourth-order valence-electron chi connectivity index (χ4n) is 2.79. The Bertz CT molecular complexity index is 1170. The number of nitrogens with one attached hydrogen (secondary N) is 2. The molecule has 4 aromatic rings. The molecule has 6 nitrogen and oxygen atoms in total. The lowest BCUT2D eigenvalue weighted by Crippen LogP contribution is -2.12. The number of hydrogen-bond acceptors (Lipinski definition) is 4. The quantitative estimate of drug-likeness (QED) is 0.548. The van der Waals surface area contributed by atoms with E-state index in [1.54, 1.807) is 30.3 Å². The molecular weight excluding hydrogens is 362 g/mol. The van der Waals surface area contributed by atoms with Gasteiger partial charge in [0, 0.05) is 11.3 Å². The molecule has 3 aromatic carbocycles. The van der Waals surface area contributed by atoms with Crippen LogP contribution in [0.4, 0.5) is 5.69 Å². The lowest BCUT2D eigenvalue weighted by atomic mass is 10.2. The van der Waals surface area contributed by atoms with Crippen LogP contribution in [-0.4, -0.2) is 25.5 Å². The molecular formula is C20H17N3O3S. The summed E-state index contributed by atoms with van der Waals surface area (Å²) in [4.78, 5) is 7.96. The summed E-state index contributed by atoms with van der Waals surface area (Å²) in [6.45, 7) is 0. The number of aromatic nitrogens is 2. The number of imidazole rings is 1. The van der Waals surface area contributed by atoms with E-state index in [0.717, 1.165) is 16.6 Å². The molecule has 0 bridgehead atoms. The molecule has 136 valence electrons. The monoisotopic (exact) mass is 379 g/mol. The van der Waals surface area contributed by atoms with E-state index in [-0.39, 0.29) is 4.90 Å². The van der Waals surface area contributed by atoms with Crippen LogP contribution >= 0.6 is 0 Å². The highest BCUT2D eigenvalue weighted by Crippen LogP contribution is 2.25. The Kier molecular flexibility index (Phi) is 4.29. The molecule has 27 heavy (non-hydrogen) atoms. The second kappa shape index (κ2) is 6.77. The molecule has 1 heterocycles. The van der Waals surface area contributed by atoms with Gasteiger partial charge in [-0.1, -0.05) is 24.3 Å². The van der Waals surface area contributed by atoms with Crippen molar-refractivity contribution in [3.63, 3.8) is 0 Å². The van der Waals surface area contributed by atoms with Crippen molar-refractivity contribution in [2.45, 2.75) is 4.90 Å². The molecule has 0 amide bonds. The topological polar surface area (TPSA) is 84.1 Å². The van der Waals surface area contributed by atoms with Gasteiger partial charge in [-0.25, -0.2) is 13.4 Å². The van der Waals surface area contributed by atoms with E-state index >= 15 is 0 Å². The average Bonchev–Trinajstić information content (AvgIpc) is 3.12. The van der Waals surface area contributed by atoms with E-state index in [1.807, 2.05) is 30.3 Å². The zero-order valence-corrected chi connectivity index (χ0v) is 15.3. The van der Waals surface area contributed by atoms with Gasteiger partial charge in [0.15, 0.2) is 0 Å². The lowest BCUT2D eigenvalue weighted by molar-refractivity contribution is 0.414. The number of methoxy groups -OCH3 is 1. The maximum absolute atomic E-state index is 12.6. The highest BCUT2D eigenvalue weighted by molar-refractivity contribution is 7.92. The molecule has 4 rings (SSSR count). The summed E-state index contributed by atoms with van der Waals surface area (Å²) in [5, 5.41) is 0. The standard InChI is InChI=1S/C20H17N3O3S/c1-26-16-9-11-17(12-10-16)27(24,25)23-15-6-4-5-14(13-15)20-21-18-7-2-3-8-19(18)22-20/h2-13,23H,1H3,(H,21,22). The molecule has 1 aromatic heterocycles. The number of anilines is 1.